The Bertz CT molecular complexity index is 891. The van der Waals surface area contributed by atoms with Crippen LogP contribution in [-0.2, 0) is 0 Å². The number of nitrogens with zero attached hydrogens (tertiary/aromatic N) is 3. The first-order valence-corrected chi connectivity index (χ1v) is 10.6. The molecule has 2 fully saturated rings. The number of carbonyl (C=O) groups excluding carboxylic acids is 1. The van der Waals surface area contributed by atoms with E-state index in [4.69, 9.17) is 5.11 Å². The summed E-state index contributed by atoms with van der Waals surface area (Å²) in [7, 11) is 0. The van der Waals surface area contributed by atoms with Gasteiger partial charge in [-0.25, -0.2) is 4.79 Å². The van der Waals surface area contributed by atoms with Crippen LogP contribution in [0.1, 0.15) is 48.5 Å². The number of likely N-dealkylation sites (tertiary alicyclic amines) is 1. The lowest BCUT2D eigenvalue weighted by molar-refractivity contribution is 0.0595. The molecule has 0 radical (unpaired) electrons. The Morgan fingerprint density at radius 1 is 1.03 bits per heavy atom. The highest BCUT2D eigenvalue weighted by Gasteiger charge is 2.26. The molecule has 0 atom stereocenters. The van der Waals surface area contributed by atoms with E-state index >= 15 is 0 Å². The van der Waals surface area contributed by atoms with E-state index in [1.807, 2.05) is 29.3 Å². The number of hydrogen-bond donors (Lipinski definition) is 2. The quantitative estimate of drug-likeness (QED) is 0.832. The molecule has 7 heteroatoms. The first kappa shape index (κ1) is 19.8. The molecule has 3 heterocycles. The van der Waals surface area contributed by atoms with Crippen molar-refractivity contribution >= 4 is 22.9 Å². The number of carboxylic acid groups (broad SMARTS) is 1. The fourth-order valence-electron chi connectivity index (χ4n) is 4.63. The second-order valence-corrected chi connectivity index (χ2v) is 8.47. The van der Waals surface area contributed by atoms with Crippen molar-refractivity contribution in [1.29, 1.82) is 0 Å². The van der Waals surface area contributed by atoms with Gasteiger partial charge in [0.25, 0.3) is 5.91 Å². The number of fused-ring (bicyclic) bond motifs is 1. The molecule has 0 bridgehead atoms. The topological polar surface area (TPSA) is 79.9 Å². The third-order valence-corrected chi connectivity index (χ3v) is 6.50. The summed E-state index contributed by atoms with van der Waals surface area (Å²) in [5, 5.41) is 10.3. The summed E-state index contributed by atoms with van der Waals surface area (Å²) in [5.74, 6) is 0.450. The summed E-state index contributed by atoms with van der Waals surface area (Å²) in [6, 6.07) is 6.46. The smallest absolute Gasteiger partial charge is 0.407 e. The maximum absolute atomic E-state index is 13.0. The minimum atomic E-state index is -0.834. The lowest BCUT2D eigenvalue weighted by Crippen LogP contribution is -2.50. The summed E-state index contributed by atoms with van der Waals surface area (Å²) >= 11 is 0. The first-order chi connectivity index (χ1) is 13.9. The molecule has 2 N–H and O–H groups in total. The molecule has 2 saturated heterocycles. The highest BCUT2D eigenvalue weighted by atomic mass is 16.4. The van der Waals surface area contributed by atoms with E-state index in [9.17, 15) is 9.59 Å². The molecule has 2 aliphatic rings. The van der Waals surface area contributed by atoms with Crippen molar-refractivity contribution in [2.75, 3.05) is 39.3 Å². The Labute approximate surface area is 171 Å². The van der Waals surface area contributed by atoms with Crippen LogP contribution in [0.3, 0.4) is 0 Å². The van der Waals surface area contributed by atoms with Crippen LogP contribution in [0.5, 0.6) is 0 Å². The summed E-state index contributed by atoms with van der Waals surface area (Å²) in [6.45, 7) is 8.93. The van der Waals surface area contributed by atoms with Crippen molar-refractivity contribution in [3.8, 4) is 0 Å². The highest BCUT2D eigenvalue weighted by Crippen LogP contribution is 2.33. The number of nitrogens with one attached hydrogen (secondary N) is 1. The number of aromatic nitrogens is 1. The monoisotopic (exact) mass is 398 g/mol. The first-order valence-electron chi connectivity index (χ1n) is 10.6. The maximum atomic E-state index is 13.0. The fourth-order valence-corrected chi connectivity index (χ4v) is 4.63. The van der Waals surface area contributed by atoms with Gasteiger partial charge in [0, 0.05) is 68.0 Å². The van der Waals surface area contributed by atoms with Crippen LogP contribution in [0.2, 0.25) is 0 Å². The standard InChI is InChI=1S/C22H30N4O3/c1-15(2)24-9-11-25(12-10-24)21(27)17-3-4-18-19(14-23-20(18)13-17)16-5-7-26(8-6-16)22(28)29/h3-4,13-16,23H,5-12H2,1-2H3,(H,28,29). The molecule has 2 aliphatic heterocycles. The zero-order valence-electron chi connectivity index (χ0n) is 17.2. The molecule has 2 aromatic rings. The fraction of sp³-hybridized carbons (Fsp3) is 0.545. The molecule has 156 valence electrons. The van der Waals surface area contributed by atoms with E-state index in [0.717, 1.165) is 55.5 Å². The molecule has 0 unspecified atom stereocenters. The van der Waals surface area contributed by atoms with E-state index in [1.165, 1.54) is 10.5 Å². The van der Waals surface area contributed by atoms with Crippen LogP contribution in [0.4, 0.5) is 4.79 Å². The Balaban J connectivity index is 1.46. The predicted molar refractivity (Wildman–Crippen MR) is 112 cm³/mol. The van der Waals surface area contributed by atoms with Crippen molar-refractivity contribution in [1.82, 2.24) is 19.7 Å². The number of amides is 2. The largest absolute Gasteiger partial charge is 0.465 e. The number of benzene rings is 1. The molecule has 7 nitrogen and oxygen atoms in total. The number of aromatic amines is 1. The number of piperidine rings is 1. The molecule has 4 rings (SSSR count). The van der Waals surface area contributed by atoms with Crippen molar-refractivity contribution < 1.29 is 14.7 Å². The van der Waals surface area contributed by atoms with Crippen LogP contribution >= 0.6 is 0 Å². The minimum absolute atomic E-state index is 0.0984. The Morgan fingerprint density at radius 2 is 1.72 bits per heavy atom. The number of rotatable bonds is 3. The lowest BCUT2D eigenvalue weighted by atomic mass is 9.89. The van der Waals surface area contributed by atoms with Gasteiger partial charge in [-0.05, 0) is 50.3 Å². The third-order valence-electron chi connectivity index (χ3n) is 6.50. The zero-order chi connectivity index (χ0) is 20.5. The Kier molecular flexibility index (Phi) is 5.50. The Morgan fingerprint density at radius 3 is 2.34 bits per heavy atom. The maximum Gasteiger partial charge on any atom is 0.407 e. The van der Waals surface area contributed by atoms with Crippen LogP contribution in [-0.4, -0.2) is 82.1 Å². The molecule has 29 heavy (non-hydrogen) atoms. The normalized spacial score (nSPS) is 19.3. The average Bonchev–Trinajstić information content (AvgIpc) is 3.16. The number of carbonyl (C=O) groups is 2. The van der Waals surface area contributed by atoms with Crippen LogP contribution in [0, 0.1) is 0 Å². The molecule has 0 aliphatic carbocycles. The summed E-state index contributed by atoms with van der Waals surface area (Å²) in [4.78, 5) is 33.3. The van der Waals surface area contributed by atoms with E-state index in [1.54, 1.807) is 0 Å². The molecule has 0 spiro atoms. The molecule has 1 aromatic carbocycles. The summed E-state index contributed by atoms with van der Waals surface area (Å²) < 4.78 is 0. The molecular formula is C22H30N4O3. The van der Waals surface area contributed by atoms with Gasteiger partial charge in [-0.2, -0.15) is 0 Å². The van der Waals surface area contributed by atoms with E-state index in [-0.39, 0.29) is 5.91 Å². The van der Waals surface area contributed by atoms with Gasteiger partial charge in [0.2, 0.25) is 0 Å². The molecule has 1 aromatic heterocycles. The Hall–Kier alpha value is -2.54. The van der Waals surface area contributed by atoms with E-state index in [0.29, 0.717) is 25.0 Å². The lowest BCUT2D eigenvalue weighted by Gasteiger charge is -2.37. The minimum Gasteiger partial charge on any atom is -0.465 e. The summed E-state index contributed by atoms with van der Waals surface area (Å²) in [6.07, 6.45) is 2.86. The van der Waals surface area contributed by atoms with E-state index < -0.39 is 6.09 Å². The average molecular weight is 399 g/mol. The van der Waals surface area contributed by atoms with Gasteiger partial charge in [0.1, 0.15) is 0 Å². The van der Waals surface area contributed by atoms with Crippen molar-refractivity contribution in [3.63, 3.8) is 0 Å². The van der Waals surface area contributed by atoms with Crippen LogP contribution < -0.4 is 0 Å². The zero-order valence-corrected chi connectivity index (χ0v) is 17.2. The number of hydrogen-bond acceptors (Lipinski definition) is 3. The van der Waals surface area contributed by atoms with Gasteiger partial charge in [0.05, 0.1) is 0 Å². The number of H-pyrrole nitrogens is 1. The van der Waals surface area contributed by atoms with Gasteiger partial charge in [-0.15, -0.1) is 0 Å². The van der Waals surface area contributed by atoms with Gasteiger partial charge in [-0.1, -0.05) is 6.07 Å². The van der Waals surface area contributed by atoms with E-state index in [2.05, 4.69) is 23.7 Å². The predicted octanol–water partition coefficient (Wildman–Crippen LogP) is 3.19. The second kappa shape index (κ2) is 8.06. The number of piperazine rings is 1. The SMILES string of the molecule is CC(C)N1CCN(C(=O)c2ccc3c(C4CCN(C(=O)O)CC4)c[nH]c3c2)CC1. The van der Waals surface area contributed by atoms with Gasteiger partial charge >= 0.3 is 6.09 Å². The second-order valence-electron chi connectivity index (χ2n) is 8.47. The van der Waals surface area contributed by atoms with Crippen molar-refractivity contribution in [3.05, 3.63) is 35.5 Å². The summed E-state index contributed by atoms with van der Waals surface area (Å²) in [5.41, 5.74) is 2.94. The van der Waals surface area contributed by atoms with Gasteiger partial charge in [0.15, 0.2) is 0 Å². The van der Waals surface area contributed by atoms with Crippen LogP contribution in [0.15, 0.2) is 24.4 Å². The molecular weight excluding hydrogens is 368 g/mol. The third kappa shape index (κ3) is 3.96. The highest BCUT2D eigenvalue weighted by molar-refractivity contribution is 5.98. The van der Waals surface area contributed by atoms with Crippen molar-refractivity contribution in [2.24, 2.45) is 0 Å². The molecule has 0 saturated carbocycles. The van der Waals surface area contributed by atoms with Crippen molar-refractivity contribution in [2.45, 2.75) is 38.6 Å². The molecule has 2 amide bonds. The van der Waals surface area contributed by atoms with Gasteiger partial charge in [-0.3, -0.25) is 9.69 Å². The van der Waals surface area contributed by atoms with Gasteiger partial charge < -0.3 is 19.9 Å². The van der Waals surface area contributed by atoms with Crippen LogP contribution in [0.25, 0.3) is 10.9 Å².